The first-order valence-corrected chi connectivity index (χ1v) is 12.6. The molecule has 4 rings (SSSR count). The number of nitrogens with two attached hydrogens (primary N) is 1. The van der Waals surface area contributed by atoms with E-state index >= 15 is 0 Å². The van der Waals surface area contributed by atoms with Gasteiger partial charge in [-0.25, -0.2) is 19.2 Å². The van der Waals surface area contributed by atoms with E-state index in [0.29, 0.717) is 24.3 Å². The second-order valence-corrected chi connectivity index (χ2v) is 10.7. The highest BCUT2D eigenvalue weighted by Gasteiger charge is 2.28. The lowest BCUT2D eigenvalue weighted by Gasteiger charge is -2.33. The van der Waals surface area contributed by atoms with Crippen LogP contribution in [0.4, 0.5) is 15.0 Å². The number of hydrogen-bond donors (Lipinski definition) is 1. The fourth-order valence-electron chi connectivity index (χ4n) is 4.06. The first kappa shape index (κ1) is 26.9. The van der Waals surface area contributed by atoms with Crippen molar-refractivity contribution in [2.24, 2.45) is 0 Å². The van der Waals surface area contributed by atoms with Crippen LogP contribution in [-0.4, -0.2) is 49.4 Å². The fourth-order valence-corrected chi connectivity index (χ4v) is 4.74. The maximum Gasteiger partial charge on any atom is 0.410 e. The van der Waals surface area contributed by atoms with Gasteiger partial charge in [0.2, 0.25) is 0 Å². The van der Waals surface area contributed by atoms with Crippen molar-refractivity contribution in [3.8, 4) is 17.1 Å². The van der Waals surface area contributed by atoms with Crippen LogP contribution in [0.25, 0.3) is 11.3 Å². The Balaban J connectivity index is 1.45. The molecular weight excluding hydrogens is 522 g/mol. The number of hydrogen-bond acceptors (Lipinski definition) is 7. The number of anilines is 1. The predicted octanol–water partition coefficient (Wildman–Crippen LogP) is 6.08. The summed E-state index contributed by atoms with van der Waals surface area (Å²) in [5.41, 5.74) is 6.99. The van der Waals surface area contributed by atoms with Gasteiger partial charge in [0.05, 0.1) is 29.2 Å². The number of carbonyl (C=O) groups is 1. The number of ether oxygens (including phenoxy) is 2. The van der Waals surface area contributed by atoms with Gasteiger partial charge < -0.3 is 20.1 Å². The Morgan fingerprint density at radius 2 is 1.92 bits per heavy atom. The molecule has 0 bridgehead atoms. The molecule has 1 aliphatic rings. The van der Waals surface area contributed by atoms with Crippen molar-refractivity contribution in [3.63, 3.8) is 0 Å². The number of carbonyl (C=O) groups excluding carboxylic acids is 1. The summed E-state index contributed by atoms with van der Waals surface area (Å²) in [5.74, 6) is -0.463. The van der Waals surface area contributed by atoms with Crippen LogP contribution in [0.1, 0.15) is 58.2 Å². The largest absolute Gasteiger partial charge is 0.467 e. The van der Waals surface area contributed by atoms with E-state index in [1.54, 1.807) is 18.0 Å². The zero-order valence-corrected chi connectivity index (χ0v) is 22.6. The third kappa shape index (κ3) is 6.24. The number of nitrogen functional groups attached to an aromatic ring is 1. The lowest BCUT2D eigenvalue weighted by atomic mass is 10.1. The number of likely N-dealkylation sites (tertiary alicyclic amines) is 1. The average Bonchev–Trinajstić information content (AvgIpc) is 3.32. The van der Waals surface area contributed by atoms with Gasteiger partial charge in [0.25, 0.3) is 5.88 Å². The highest BCUT2D eigenvalue weighted by atomic mass is 35.5. The molecule has 1 atom stereocenters. The maximum absolute atomic E-state index is 14.0. The highest BCUT2D eigenvalue weighted by Crippen LogP contribution is 2.36. The SMILES string of the molecule is CC(Oc1nc(-c2cnn(C3CCN(C(=O)OC(C)(C)C)CC3)c2)cnc1N)c1c(Cl)ccc(F)c1Cl. The zero-order chi connectivity index (χ0) is 26.9. The Morgan fingerprint density at radius 3 is 2.59 bits per heavy atom. The molecule has 1 aliphatic heterocycles. The van der Waals surface area contributed by atoms with E-state index in [9.17, 15) is 9.18 Å². The summed E-state index contributed by atoms with van der Waals surface area (Å²) < 4.78 is 27.2. The highest BCUT2D eigenvalue weighted by molar-refractivity contribution is 6.36. The number of nitrogens with zero attached hydrogens (tertiary/aromatic N) is 5. The lowest BCUT2D eigenvalue weighted by molar-refractivity contribution is 0.0185. The van der Waals surface area contributed by atoms with Crippen LogP contribution in [0.2, 0.25) is 10.0 Å². The molecule has 0 radical (unpaired) electrons. The first-order valence-electron chi connectivity index (χ1n) is 11.9. The monoisotopic (exact) mass is 550 g/mol. The van der Waals surface area contributed by atoms with Crippen molar-refractivity contribution in [2.75, 3.05) is 18.8 Å². The van der Waals surface area contributed by atoms with Crippen LogP contribution in [0.3, 0.4) is 0 Å². The molecule has 1 aromatic carbocycles. The molecule has 0 saturated carbocycles. The third-order valence-electron chi connectivity index (χ3n) is 5.93. The Kier molecular flexibility index (Phi) is 7.80. The molecule has 37 heavy (non-hydrogen) atoms. The van der Waals surface area contributed by atoms with Crippen LogP contribution in [0.15, 0.2) is 30.7 Å². The maximum atomic E-state index is 14.0. The van der Waals surface area contributed by atoms with Crippen LogP contribution < -0.4 is 10.5 Å². The second kappa shape index (κ2) is 10.7. The summed E-state index contributed by atoms with van der Waals surface area (Å²) >= 11 is 12.3. The Morgan fingerprint density at radius 1 is 1.22 bits per heavy atom. The van der Waals surface area contributed by atoms with E-state index < -0.39 is 17.5 Å². The molecule has 1 saturated heterocycles. The van der Waals surface area contributed by atoms with E-state index in [0.717, 1.165) is 18.4 Å². The summed E-state index contributed by atoms with van der Waals surface area (Å²) in [7, 11) is 0. The lowest BCUT2D eigenvalue weighted by Crippen LogP contribution is -2.42. The fraction of sp³-hybridized carbons (Fsp3) is 0.440. The van der Waals surface area contributed by atoms with Crippen molar-refractivity contribution in [2.45, 2.75) is 58.3 Å². The summed E-state index contributed by atoms with van der Waals surface area (Å²) in [4.78, 5) is 22.8. The van der Waals surface area contributed by atoms with Crippen LogP contribution in [0, 0.1) is 5.82 Å². The van der Waals surface area contributed by atoms with Crippen molar-refractivity contribution in [1.29, 1.82) is 0 Å². The normalized spacial score (nSPS) is 15.5. The molecular formula is C25H29Cl2FN6O3. The van der Waals surface area contributed by atoms with Crippen LogP contribution in [-0.2, 0) is 4.74 Å². The minimum atomic E-state index is -0.736. The molecule has 198 valence electrons. The van der Waals surface area contributed by atoms with Crippen molar-refractivity contribution in [3.05, 3.63) is 52.1 Å². The average molecular weight is 551 g/mol. The van der Waals surface area contributed by atoms with Gasteiger partial charge in [-0.05, 0) is 52.7 Å². The second-order valence-electron chi connectivity index (χ2n) is 9.87. The Labute approximate surface area is 224 Å². The molecule has 1 fully saturated rings. The van der Waals surface area contributed by atoms with Crippen LogP contribution in [0.5, 0.6) is 5.88 Å². The number of amides is 1. The topological polar surface area (TPSA) is 108 Å². The zero-order valence-electron chi connectivity index (χ0n) is 21.0. The van der Waals surface area contributed by atoms with E-state index in [1.807, 2.05) is 31.6 Å². The van der Waals surface area contributed by atoms with Crippen molar-refractivity contribution in [1.82, 2.24) is 24.6 Å². The van der Waals surface area contributed by atoms with Gasteiger partial charge in [-0.3, -0.25) is 4.68 Å². The standard InChI is InChI=1S/C25H29Cl2FN6O3/c1-14(20-17(26)5-6-18(28)21(20)27)36-23-22(29)30-12-19(32-23)15-11-31-34(13-15)16-7-9-33(10-8-16)24(35)37-25(2,3)4/h5-6,11-14,16H,7-10H2,1-4H3,(H2,29,30). The summed E-state index contributed by atoms with van der Waals surface area (Å²) in [5, 5.41) is 4.65. The van der Waals surface area contributed by atoms with E-state index in [2.05, 4.69) is 15.1 Å². The van der Waals surface area contributed by atoms with Crippen molar-refractivity contribution < 1.29 is 18.7 Å². The summed E-state index contributed by atoms with van der Waals surface area (Å²) in [6.45, 7) is 8.39. The van der Waals surface area contributed by atoms with Gasteiger partial charge in [0.1, 0.15) is 17.5 Å². The number of rotatable bonds is 5. The van der Waals surface area contributed by atoms with Gasteiger partial charge in [-0.1, -0.05) is 23.2 Å². The number of halogens is 3. The first-order chi connectivity index (χ1) is 17.4. The molecule has 1 unspecified atom stereocenters. The quantitative estimate of drug-likeness (QED) is 0.383. The van der Waals surface area contributed by atoms with E-state index in [4.69, 9.17) is 38.4 Å². The van der Waals surface area contributed by atoms with Gasteiger partial charge in [0.15, 0.2) is 5.82 Å². The molecule has 3 heterocycles. The van der Waals surface area contributed by atoms with Gasteiger partial charge in [-0.2, -0.15) is 5.10 Å². The number of benzene rings is 1. The molecule has 9 nitrogen and oxygen atoms in total. The summed E-state index contributed by atoms with van der Waals surface area (Å²) in [6.07, 6.45) is 5.55. The minimum Gasteiger partial charge on any atom is -0.467 e. The molecule has 0 aliphatic carbocycles. The molecule has 0 spiro atoms. The predicted molar refractivity (Wildman–Crippen MR) is 139 cm³/mol. The summed E-state index contributed by atoms with van der Waals surface area (Å²) in [6, 6.07) is 2.73. The smallest absolute Gasteiger partial charge is 0.410 e. The molecule has 2 N–H and O–H groups in total. The van der Waals surface area contributed by atoms with Gasteiger partial charge in [-0.15, -0.1) is 0 Å². The molecule has 12 heteroatoms. The van der Waals surface area contributed by atoms with Gasteiger partial charge in [0, 0.05) is 35.4 Å². The van der Waals surface area contributed by atoms with E-state index in [-0.39, 0.29) is 33.9 Å². The molecule has 2 aromatic heterocycles. The minimum absolute atomic E-state index is 0.0693. The molecule has 3 aromatic rings. The Bertz CT molecular complexity index is 1290. The Hall–Kier alpha value is -3.11. The number of aromatic nitrogens is 4. The van der Waals surface area contributed by atoms with Crippen LogP contribution >= 0.6 is 23.2 Å². The van der Waals surface area contributed by atoms with Crippen molar-refractivity contribution >= 4 is 35.1 Å². The van der Waals surface area contributed by atoms with E-state index in [1.165, 1.54) is 18.3 Å². The van der Waals surface area contributed by atoms with Gasteiger partial charge >= 0.3 is 6.09 Å². The number of piperidine rings is 1. The third-order valence-corrected chi connectivity index (χ3v) is 6.64. The molecule has 1 amide bonds.